The van der Waals surface area contributed by atoms with Crippen LogP contribution in [-0.2, 0) is 20.7 Å². The fourth-order valence-electron chi connectivity index (χ4n) is 3.09. The van der Waals surface area contributed by atoms with Crippen LogP contribution < -0.4 is 0 Å². The molecule has 0 saturated carbocycles. The van der Waals surface area contributed by atoms with E-state index in [1.807, 2.05) is 24.3 Å². The number of ether oxygens (including phenoxy) is 1. The standard InChI is InChI=1S/C19H21NO3/c21-14-15(13-19(22)20-8-10-23-11-9-20)12-17-6-3-5-16-4-1-2-7-18(16)17/h1-7,14-15H,8-13H2. The lowest BCUT2D eigenvalue weighted by molar-refractivity contribution is -0.137. The topological polar surface area (TPSA) is 46.6 Å². The fraction of sp³-hybridized carbons (Fsp3) is 0.368. The van der Waals surface area contributed by atoms with Gasteiger partial charge >= 0.3 is 0 Å². The van der Waals surface area contributed by atoms with Gasteiger partial charge in [0.2, 0.25) is 5.91 Å². The Hall–Kier alpha value is -2.20. The van der Waals surface area contributed by atoms with Gasteiger partial charge < -0.3 is 14.4 Å². The first kappa shape index (κ1) is 15.7. The summed E-state index contributed by atoms with van der Waals surface area (Å²) in [5, 5.41) is 2.31. The zero-order valence-electron chi connectivity index (χ0n) is 13.1. The maximum Gasteiger partial charge on any atom is 0.223 e. The molecule has 1 aliphatic rings. The van der Waals surface area contributed by atoms with E-state index in [-0.39, 0.29) is 18.2 Å². The molecular formula is C19H21NO3. The second kappa shape index (κ2) is 7.38. The Bertz CT molecular complexity index is 687. The largest absolute Gasteiger partial charge is 0.378 e. The van der Waals surface area contributed by atoms with Crippen molar-refractivity contribution in [3.05, 3.63) is 48.0 Å². The molecule has 2 aromatic carbocycles. The molecule has 1 amide bonds. The number of carbonyl (C=O) groups is 2. The van der Waals surface area contributed by atoms with Crippen LogP contribution in [0.5, 0.6) is 0 Å². The summed E-state index contributed by atoms with van der Waals surface area (Å²) in [6.45, 7) is 2.42. The van der Waals surface area contributed by atoms with Crippen molar-refractivity contribution in [3.63, 3.8) is 0 Å². The highest BCUT2D eigenvalue weighted by atomic mass is 16.5. The van der Waals surface area contributed by atoms with Gasteiger partial charge in [0.15, 0.2) is 0 Å². The Morgan fingerprint density at radius 3 is 2.65 bits per heavy atom. The number of fused-ring (bicyclic) bond motifs is 1. The first-order valence-electron chi connectivity index (χ1n) is 8.05. The Morgan fingerprint density at radius 1 is 1.13 bits per heavy atom. The second-order valence-electron chi connectivity index (χ2n) is 5.94. The Balaban J connectivity index is 1.71. The van der Waals surface area contributed by atoms with E-state index in [0.717, 1.165) is 22.6 Å². The molecule has 4 heteroatoms. The highest BCUT2D eigenvalue weighted by Gasteiger charge is 2.21. The van der Waals surface area contributed by atoms with Gasteiger partial charge in [0.05, 0.1) is 13.2 Å². The highest BCUT2D eigenvalue weighted by molar-refractivity contribution is 5.86. The Labute approximate surface area is 136 Å². The van der Waals surface area contributed by atoms with Gasteiger partial charge in [-0.2, -0.15) is 0 Å². The minimum absolute atomic E-state index is 0.0469. The zero-order valence-corrected chi connectivity index (χ0v) is 13.1. The predicted octanol–water partition coefficient (Wildman–Crippen LogP) is 2.45. The quantitative estimate of drug-likeness (QED) is 0.797. The van der Waals surface area contributed by atoms with Crippen LogP contribution in [0.4, 0.5) is 0 Å². The summed E-state index contributed by atoms with van der Waals surface area (Å²) >= 11 is 0. The minimum Gasteiger partial charge on any atom is -0.378 e. The fourth-order valence-corrected chi connectivity index (χ4v) is 3.09. The summed E-state index contributed by atoms with van der Waals surface area (Å²) < 4.78 is 5.26. The number of carbonyl (C=O) groups excluding carboxylic acids is 2. The van der Waals surface area contributed by atoms with E-state index in [1.54, 1.807) is 4.90 Å². The normalized spacial score (nSPS) is 16.3. The molecule has 1 aliphatic heterocycles. The number of morpholine rings is 1. The third kappa shape index (κ3) is 3.77. The van der Waals surface area contributed by atoms with E-state index in [0.29, 0.717) is 32.7 Å². The first-order chi connectivity index (χ1) is 11.3. The van der Waals surface area contributed by atoms with Crippen molar-refractivity contribution in [3.8, 4) is 0 Å². The number of nitrogens with zero attached hydrogens (tertiary/aromatic N) is 1. The average Bonchev–Trinajstić information content (AvgIpc) is 2.62. The molecule has 0 bridgehead atoms. The van der Waals surface area contributed by atoms with Crippen molar-refractivity contribution >= 4 is 23.0 Å². The van der Waals surface area contributed by atoms with Gasteiger partial charge in [-0.3, -0.25) is 4.79 Å². The van der Waals surface area contributed by atoms with Crippen LogP contribution >= 0.6 is 0 Å². The molecule has 0 N–H and O–H groups in total. The highest BCUT2D eigenvalue weighted by Crippen LogP contribution is 2.22. The van der Waals surface area contributed by atoms with E-state index >= 15 is 0 Å². The molecule has 0 radical (unpaired) electrons. The van der Waals surface area contributed by atoms with Crippen LogP contribution in [0, 0.1) is 5.92 Å². The van der Waals surface area contributed by atoms with Crippen LogP contribution in [0.25, 0.3) is 10.8 Å². The van der Waals surface area contributed by atoms with Gasteiger partial charge in [0, 0.05) is 25.4 Å². The Kier molecular flexibility index (Phi) is 5.03. The maximum atomic E-state index is 12.3. The van der Waals surface area contributed by atoms with E-state index in [4.69, 9.17) is 4.74 Å². The lowest BCUT2D eigenvalue weighted by Crippen LogP contribution is -2.41. The first-order valence-corrected chi connectivity index (χ1v) is 8.05. The number of amides is 1. The summed E-state index contributed by atoms with van der Waals surface area (Å²) in [7, 11) is 0. The van der Waals surface area contributed by atoms with Gasteiger partial charge in [-0.25, -0.2) is 0 Å². The molecule has 4 nitrogen and oxygen atoms in total. The minimum atomic E-state index is -0.281. The molecule has 120 valence electrons. The van der Waals surface area contributed by atoms with E-state index in [9.17, 15) is 9.59 Å². The molecule has 1 fully saturated rings. The van der Waals surface area contributed by atoms with Gasteiger partial charge in [0.1, 0.15) is 6.29 Å². The van der Waals surface area contributed by atoms with Crippen molar-refractivity contribution in [2.45, 2.75) is 12.8 Å². The number of rotatable bonds is 5. The number of aldehydes is 1. The average molecular weight is 311 g/mol. The zero-order chi connectivity index (χ0) is 16.1. The van der Waals surface area contributed by atoms with E-state index < -0.39 is 0 Å². The summed E-state index contributed by atoms with van der Waals surface area (Å²) in [6, 6.07) is 14.2. The van der Waals surface area contributed by atoms with Crippen LogP contribution in [0.3, 0.4) is 0 Å². The third-order valence-corrected chi connectivity index (χ3v) is 4.36. The van der Waals surface area contributed by atoms with Gasteiger partial charge in [-0.05, 0) is 22.8 Å². The van der Waals surface area contributed by atoms with Crippen molar-refractivity contribution in [1.29, 1.82) is 0 Å². The molecule has 23 heavy (non-hydrogen) atoms. The summed E-state index contributed by atoms with van der Waals surface area (Å²) in [5.41, 5.74) is 1.12. The molecule has 0 spiro atoms. The molecular weight excluding hydrogens is 290 g/mol. The van der Waals surface area contributed by atoms with Crippen LogP contribution in [0.15, 0.2) is 42.5 Å². The lowest BCUT2D eigenvalue weighted by atomic mass is 9.93. The molecule has 2 aromatic rings. The monoisotopic (exact) mass is 311 g/mol. The van der Waals surface area contributed by atoms with E-state index in [2.05, 4.69) is 18.2 Å². The lowest BCUT2D eigenvalue weighted by Gasteiger charge is -2.27. The van der Waals surface area contributed by atoms with Crippen molar-refractivity contribution in [2.75, 3.05) is 26.3 Å². The van der Waals surface area contributed by atoms with Crippen LogP contribution in [-0.4, -0.2) is 43.4 Å². The summed E-state index contributed by atoms with van der Waals surface area (Å²) in [5.74, 6) is -0.234. The smallest absolute Gasteiger partial charge is 0.223 e. The van der Waals surface area contributed by atoms with Gasteiger partial charge in [-0.1, -0.05) is 42.5 Å². The summed E-state index contributed by atoms with van der Waals surface area (Å²) in [4.78, 5) is 25.6. The molecule has 1 heterocycles. The van der Waals surface area contributed by atoms with Crippen molar-refractivity contribution < 1.29 is 14.3 Å². The SMILES string of the molecule is O=CC(CC(=O)N1CCOCC1)Cc1cccc2ccccc12. The molecule has 3 rings (SSSR count). The number of benzene rings is 2. The maximum absolute atomic E-state index is 12.3. The molecule has 0 aliphatic carbocycles. The molecule has 0 aromatic heterocycles. The summed E-state index contributed by atoms with van der Waals surface area (Å²) in [6.07, 6.45) is 1.79. The van der Waals surface area contributed by atoms with E-state index in [1.165, 1.54) is 0 Å². The van der Waals surface area contributed by atoms with Crippen LogP contribution in [0.1, 0.15) is 12.0 Å². The van der Waals surface area contributed by atoms with Crippen molar-refractivity contribution in [1.82, 2.24) is 4.90 Å². The second-order valence-corrected chi connectivity index (χ2v) is 5.94. The Morgan fingerprint density at radius 2 is 1.87 bits per heavy atom. The molecule has 1 saturated heterocycles. The molecule has 1 atom stereocenters. The van der Waals surface area contributed by atoms with Gasteiger partial charge in [0.25, 0.3) is 0 Å². The third-order valence-electron chi connectivity index (χ3n) is 4.36. The predicted molar refractivity (Wildman–Crippen MR) is 89.2 cm³/mol. The van der Waals surface area contributed by atoms with Gasteiger partial charge in [-0.15, -0.1) is 0 Å². The number of hydrogen-bond acceptors (Lipinski definition) is 3. The number of hydrogen-bond donors (Lipinski definition) is 0. The molecule has 1 unspecified atom stereocenters. The van der Waals surface area contributed by atoms with Crippen molar-refractivity contribution in [2.24, 2.45) is 5.92 Å². The van der Waals surface area contributed by atoms with Crippen LogP contribution in [0.2, 0.25) is 0 Å².